The Morgan fingerprint density at radius 3 is 2.65 bits per heavy atom. The molecule has 0 aromatic heterocycles. The van der Waals surface area contributed by atoms with E-state index in [2.05, 4.69) is 10.6 Å². The third-order valence-electron chi connectivity index (χ3n) is 5.42. The summed E-state index contributed by atoms with van der Waals surface area (Å²) in [5.74, 6) is -1.46. The molecule has 1 aliphatic heterocycles. The number of amides is 4. The number of imide groups is 1. The van der Waals surface area contributed by atoms with E-state index in [1.165, 1.54) is 12.1 Å². The number of nitrogens with one attached hydrogen (secondary N) is 2. The van der Waals surface area contributed by atoms with Gasteiger partial charge in [0, 0.05) is 0 Å². The standard InChI is InChI=1S/C19H24FN3O3/c1-12-8-9-15(14(20)10-12)21-16(24)11-23-17(25)19(2,22-18(23)26)13-6-4-3-5-7-13/h8-10,13H,3-7,11H2,1-2H3,(H,21,24)(H,22,26)/t19-/m0/s1. The Morgan fingerprint density at radius 2 is 2.00 bits per heavy atom. The fourth-order valence-electron chi connectivity index (χ4n) is 3.87. The number of carbonyl (C=O) groups is 3. The third-order valence-corrected chi connectivity index (χ3v) is 5.42. The van der Waals surface area contributed by atoms with Gasteiger partial charge in [-0.05, 0) is 50.3 Å². The van der Waals surface area contributed by atoms with Crippen molar-refractivity contribution in [3.8, 4) is 0 Å². The number of anilines is 1. The van der Waals surface area contributed by atoms with Gasteiger partial charge in [-0.2, -0.15) is 0 Å². The van der Waals surface area contributed by atoms with Crippen LogP contribution in [0.4, 0.5) is 14.9 Å². The van der Waals surface area contributed by atoms with Gasteiger partial charge in [0.25, 0.3) is 5.91 Å². The molecule has 4 amide bonds. The molecule has 1 saturated carbocycles. The largest absolute Gasteiger partial charge is 0.325 e. The maximum atomic E-state index is 13.9. The average molecular weight is 361 g/mol. The quantitative estimate of drug-likeness (QED) is 0.810. The van der Waals surface area contributed by atoms with Gasteiger partial charge in [-0.25, -0.2) is 9.18 Å². The fourth-order valence-corrected chi connectivity index (χ4v) is 3.87. The van der Waals surface area contributed by atoms with Gasteiger partial charge >= 0.3 is 6.03 Å². The van der Waals surface area contributed by atoms with Crippen LogP contribution in [0.25, 0.3) is 0 Å². The van der Waals surface area contributed by atoms with E-state index in [0.717, 1.165) is 42.6 Å². The number of aryl methyl sites for hydroxylation is 1. The molecule has 1 atom stereocenters. The Hall–Kier alpha value is -2.44. The van der Waals surface area contributed by atoms with Crippen LogP contribution >= 0.6 is 0 Å². The van der Waals surface area contributed by atoms with E-state index in [-0.39, 0.29) is 17.5 Å². The molecule has 26 heavy (non-hydrogen) atoms. The Kier molecular flexibility index (Phi) is 4.98. The number of halogens is 1. The van der Waals surface area contributed by atoms with Crippen LogP contribution in [-0.2, 0) is 9.59 Å². The van der Waals surface area contributed by atoms with Crippen molar-refractivity contribution in [2.45, 2.75) is 51.5 Å². The second-order valence-electron chi connectivity index (χ2n) is 7.39. The minimum atomic E-state index is -0.965. The number of benzene rings is 1. The van der Waals surface area contributed by atoms with Crippen LogP contribution in [0.1, 0.15) is 44.6 Å². The summed E-state index contributed by atoms with van der Waals surface area (Å²) in [6.45, 7) is 3.05. The van der Waals surface area contributed by atoms with Crippen LogP contribution in [0.5, 0.6) is 0 Å². The summed E-state index contributed by atoms with van der Waals surface area (Å²) in [4.78, 5) is 38.3. The van der Waals surface area contributed by atoms with E-state index < -0.39 is 29.8 Å². The highest BCUT2D eigenvalue weighted by Crippen LogP contribution is 2.36. The molecule has 2 aliphatic rings. The van der Waals surface area contributed by atoms with Crippen LogP contribution < -0.4 is 10.6 Å². The Balaban J connectivity index is 1.68. The van der Waals surface area contributed by atoms with Crippen LogP contribution in [0, 0.1) is 18.7 Å². The number of hydrogen-bond donors (Lipinski definition) is 2. The smallest absolute Gasteiger partial charge is 0.323 e. The van der Waals surface area contributed by atoms with Crippen molar-refractivity contribution in [2.75, 3.05) is 11.9 Å². The first-order valence-corrected chi connectivity index (χ1v) is 9.01. The highest BCUT2D eigenvalue weighted by molar-refractivity contribution is 6.10. The molecule has 7 heteroatoms. The van der Waals surface area contributed by atoms with Gasteiger partial charge in [0.05, 0.1) is 5.69 Å². The molecule has 6 nitrogen and oxygen atoms in total. The average Bonchev–Trinajstić information content (AvgIpc) is 2.82. The van der Waals surface area contributed by atoms with E-state index in [1.54, 1.807) is 19.9 Å². The van der Waals surface area contributed by atoms with Crippen LogP contribution in [0.3, 0.4) is 0 Å². The summed E-state index contributed by atoms with van der Waals surface area (Å²) < 4.78 is 13.9. The summed E-state index contributed by atoms with van der Waals surface area (Å²) in [7, 11) is 0. The Labute approximate surface area is 152 Å². The van der Waals surface area contributed by atoms with Crippen molar-refractivity contribution < 1.29 is 18.8 Å². The zero-order valence-corrected chi connectivity index (χ0v) is 15.1. The Bertz CT molecular complexity index is 746. The van der Waals surface area contributed by atoms with Gasteiger partial charge in [0.15, 0.2) is 0 Å². The lowest BCUT2D eigenvalue weighted by Crippen LogP contribution is -2.51. The summed E-state index contributed by atoms with van der Waals surface area (Å²) in [5, 5.41) is 5.20. The highest BCUT2D eigenvalue weighted by atomic mass is 19.1. The summed E-state index contributed by atoms with van der Waals surface area (Å²) in [5.41, 5.74) is -0.201. The number of rotatable bonds is 4. The molecule has 1 aromatic rings. The van der Waals surface area contributed by atoms with E-state index in [9.17, 15) is 18.8 Å². The van der Waals surface area contributed by atoms with E-state index in [0.29, 0.717) is 0 Å². The fraction of sp³-hybridized carbons (Fsp3) is 0.526. The molecule has 3 rings (SSSR count). The summed E-state index contributed by atoms with van der Waals surface area (Å²) >= 11 is 0. The van der Waals surface area contributed by atoms with Gasteiger partial charge < -0.3 is 10.6 Å². The number of nitrogens with zero attached hydrogens (tertiary/aromatic N) is 1. The van der Waals surface area contributed by atoms with Crippen molar-refractivity contribution in [3.05, 3.63) is 29.6 Å². The zero-order valence-electron chi connectivity index (χ0n) is 15.1. The lowest BCUT2D eigenvalue weighted by Gasteiger charge is -2.34. The molecule has 0 spiro atoms. The predicted octanol–water partition coefficient (Wildman–Crippen LogP) is 2.96. The lowest BCUT2D eigenvalue weighted by molar-refractivity contribution is -0.135. The van der Waals surface area contributed by atoms with Gasteiger partial charge in [-0.3, -0.25) is 14.5 Å². The molecule has 0 unspecified atom stereocenters. The highest BCUT2D eigenvalue weighted by Gasteiger charge is 2.52. The topological polar surface area (TPSA) is 78.5 Å². The zero-order chi connectivity index (χ0) is 18.9. The number of carbonyl (C=O) groups excluding carboxylic acids is 3. The van der Waals surface area contributed by atoms with Gasteiger partial charge in [0.1, 0.15) is 17.9 Å². The second-order valence-corrected chi connectivity index (χ2v) is 7.39. The van der Waals surface area contributed by atoms with Gasteiger partial charge in [0.2, 0.25) is 5.91 Å². The van der Waals surface area contributed by atoms with Gasteiger partial charge in [-0.1, -0.05) is 25.3 Å². The molecule has 1 saturated heterocycles. The number of hydrogen-bond acceptors (Lipinski definition) is 3. The summed E-state index contributed by atoms with van der Waals surface area (Å²) in [6, 6.07) is 3.87. The minimum Gasteiger partial charge on any atom is -0.323 e. The van der Waals surface area contributed by atoms with Crippen LogP contribution in [-0.4, -0.2) is 34.8 Å². The lowest BCUT2D eigenvalue weighted by atomic mass is 9.75. The first kappa shape index (κ1) is 18.4. The van der Waals surface area contributed by atoms with E-state index >= 15 is 0 Å². The van der Waals surface area contributed by atoms with Crippen molar-refractivity contribution in [1.29, 1.82) is 0 Å². The van der Waals surface area contributed by atoms with Crippen LogP contribution in [0.15, 0.2) is 18.2 Å². The second kappa shape index (κ2) is 7.05. The molecule has 0 bridgehead atoms. The predicted molar refractivity (Wildman–Crippen MR) is 95.0 cm³/mol. The minimum absolute atomic E-state index is 0.0303. The molecule has 2 fully saturated rings. The van der Waals surface area contributed by atoms with Crippen LogP contribution in [0.2, 0.25) is 0 Å². The molecule has 2 N–H and O–H groups in total. The normalized spacial score (nSPS) is 23.9. The molecule has 1 heterocycles. The van der Waals surface area contributed by atoms with Crippen molar-refractivity contribution >= 4 is 23.5 Å². The SMILES string of the molecule is Cc1ccc(NC(=O)CN2C(=O)N[C@@](C)(C3CCCCC3)C2=O)c(F)c1. The van der Waals surface area contributed by atoms with Gasteiger partial charge in [-0.15, -0.1) is 0 Å². The van der Waals surface area contributed by atoms with Crippen molar-refractivity contribution in [2.24, 2.45) is 5.92 Å². The van der Waals surface area contributed by atoms with E-state index in [4.69, 9.17) is 0 Å². The van der Waals surface area contributed by atoms with Crippen molar-refractivity contribution in [3.63, 3.8) is 0 Å². The summed E-state index contributed by atoms with van der Waals surface area (Å²) in [6.07, 6.45) is 4.99. The molecular weight excluding hydrogens is 337 g/mol. The molecular formula is C19H24FN3O3. The first-order chi connectivity index (χ1) is 12.3. The molecule has 0 radical (unpaired) electrons. The third kappa shape index (κ3) is 3.43. The van der Waals surface area contributed by atoms with E-state index in [1.807, 2.05) is 0 Å². The monoisotopic (exact) mass is 361 g/mol. The molecule has 1 aromatic carbocycles. The first-order valence-electron chi connectivity index (χ1n) is 9.01. The molecule has 140 valence electrons. The molecule has 1 aliphatic carbocycles. The maximum Gasteiger partial charge on any atom is 0.325 e. The Morgan fingerprint density at radius 1 is 1.31 bits per heavy atom. The van der Waals surface area contributed by atoms with Crippen molar-refractivity contribution in [1.82, 2.24) is 10.2 Å². The maximum absolute atomic E-state index is 13.9. The number of urea groups is 1.